The van der Waals surface area contributed by atoms with Crippen molar-refractivity contribution in [2.75, 3.05) is 13.1 Å². The molecular formula is C25H23F2N5O2. The Morgan fingerprint density at radius 1 is 1.15 bits per heavy atom. The molecule has 7 nitrogen and oxygen atoms in total. The minimum atomic E-state index is -0.937. The minimum absolute atomic E-state index is 0.200. The summed E-state index contributed by atoms with van der Waals surface area (Å²) in [5.74, 6) is -2.23. The third kappa shape index (κ3) is 4.71. The van der Waals surface area contributed by atoms with Crippen LogP contribution in [0, 0.1) is 42.7 Å². The molecule has 1 aliphatic rings. The van der Waals surface area contributed by atoms with Crippen molar-refractivity contribution >= 4 is 5.91 Å². The van der Waals surface area contributed by atoms with Gasteiger partial charge in [-0.05, 0) is 50.6 Å². The summed E-state index contributed by atoms with van der Waals surface area (Å²) in [6.45, 7) is 6.00. The van der Waals surface area contributed by atoms with Crippen LogP contribution in [0.3, 0.4) is 0 Å². The van der Waals surface area contributed by atoms with E-state index in [4.69, 9.17) is 10.00 Å². The number of likely N-dealkylation sites (tertiary alicyclic amines) is 1. The molecule has 1 aromatic carbocycles. The van der Waals surface area contributed by atoms with Crippen LogP contribution in [-0.2, 0) is 0 Å². The van der Waals surface area contributed by atoms with Gasteiger partial charge >= 0.3 is 0 Å². The number of nitriles is 1. The van der Waals surface area contributed by atoms with Gasteiger partial charge in [0, 0.05) is 37.2 Å². The quantitative estimate of drug-likeness (QED) is 0.569. The maximum Gasteiger partial charge on any atom is 0.255 e. The Morgan fingerprint density at radius 2 is 1.94 bits per heavy atom. The van der Waals surface area contributed by atoms with Crippen LogP contribution < -0.4 is 4.74 Å². The van der Waals surface area contributed by atoms with Gasteiger partial charge in [-0.3, -0.25) is 4.79 Å². The van der Waals surface area contributed by atoms with Crippen molar-refractivity contribution < 1.29 is 18.3 Å². The Balaban J connectivity index is 1.63. The molecule has 0 spiro atoms. The van der Waals surface area contributed by atoms with Gasteiger partial charge in [0.1, 0.15) is 12.2 Å². The third-order valence-corrected chi connectivity index (χ3v) is 6.13. The second kappa shape index (κ2) is 9.51. The standard InChI is InChI=1S/C25H23F2N5O2/c1-14-8-19(15(2)31-30-14)25(33)32-12-20(16(3)34-24-7-4-17(10-28)11-29-24)21(13-32)18-5-6-22(26)23(27)9-18/h4-9,11,16,20-21H,12-13H2,1-3H3/t16-,20?,21+/m0/s1. The Bertz CT molecular complexity index is 1260. The smallest absolute Gasteiger partial charge is 0.255 e. The fourth-order valence-electron chi connectivity index (χ4n) is 4.30. The Hall–Kier alpha value is -3.93. The highest BCUT2D eigenvalue weighted by atomic mass is 19.2. The SMILES string of the molecule is Cc1cc(C(=O)N2CC([C@H](C)Oc3ccc(C#N)cn3)[C@@H](c3ccc(F)c(F)c3)C2)c(C)nn1. The van der Waals surface area contributed by atoms with Crippen molar-refractivity contribution in [1.82, 2.24) is 20.1 Å². The first-order valence-corrected chi connectivity index (χ1v) is 10.8. The number of benzene rings is 1. The van der Waals surface area contributed by atoms with Crippen LogP contribution in [0.25, 0.3) is 0 Å². The summed E-state index contributed by atoms with van der Waals surface area (Å²) < 4.78 is 33.7. The van der Waals surface area contributed by atoms with Gasteiger partial charge in [0.05, 0.1) is 22.5 Å². The fraction of sp³-hybridized carbons (Fsp3) is 0.320. The highest BCUT2D eigenvalue weighted by Gasteiger charge is 2.41. The Kier molecular flexibility index (Phi) is 6.50. The summed E-state index contributed by atoms with van der Waals surface area (Å²) in [5, 5.41) is 17.0. The van der Waals surface area contributed by atoms with Crippen molar-refractivity contribution in [3.8, 4) is 11.9 Å². The number of rotatable bonds is 5. The number of ether oxygens (including phenoxy) is 1. The van der Waals surface area contributed by atoms with Crippen LogP contribution in [0.4, 0.5) is 8.78 Å². The molecule has 1 aliphatic heterocycles. The first-order valence-electron chi connectivity index (χ1n) is 10.8. The lowest BCUT2D eigenvalue weighted by atomic mass is 9.85. The molecule has 1 amide bonds. The Labute approximate surface area is 196 Å². The molecule has 34 heavy (non-hydrogen) atoms. The lowest BCUT2D eigenvalue weighted by Gasteiger charge is -2.25. The average Bonchev–Trinajstić information content (AvgIpc) is 3.28. The van der Waals surface area contributed by atoms with E-state index in [9.17, 15) is 13.6 Å². The summed E-state index contributed by atoms with van der Waals surface area (Å²) in [6.07, 6.45) is 1.01. The molecule has 0 bridgehead atoms. The summed E-state index contributed by atoms with van der Waals surface area (Å²) in [6, 6.07) is 10.7. The number of nitrogens with zero attached hydrogens (tertiary/aromatic N) is 5. The van der Waals surface area contributed by atoms with Gasteiger partial charge in [0.2, 0.25) is 5.88 Å². The maximum absolute atomic E-state index is 14.1. The van der Waals surface area contributed by atoms with Crippen molar-refractivity contribution in [2.45, 2.75) is 32.8 Å². The highest BCUT2D eigenvalue weighted by molar-refractivity contribution is 5.95. The van der Waals surface area contributed by atoms with Crippen molar-refractivity contribution in [3.63, 3.8) is 0 Å². The van der Waals surface area contributed by atoms with Gasteiger partial charge in [-0.25, -0.2) is 13.8 Å². The molecule has 3 aromatic rings. The second-order valence-corrected chi connectivity index (χ2v) is 8.46. The van der Waals surface area contributed by atoms with E-state index in [1.165, 1.54) is 12.3 Å². The van der Waals surface area contributed by atoms with Crippen LogP contribution in [0.2, 0.25) is 0 Å². The molecule has 0 radical (unpaired) electrons. The predicted octanol–water partition coefficient (Wildman–Crippen LogP) is 3.96. The van der Waals surface area contributed by atoms with Gasteiger partial charge in [-0.15, -0.1) is 0 Å². The lowest BCUT2D eigenvalue weighted by molar-refractivity contribution is 0.0768. The fourth-order valence-corrected chi connectivity index (χ4v) is 4.30. The number of hydrogen-bond acceptors (Lipinski definition) is 6. The molecule has 2 aromatic heterocycles. The zero-order valence-electron chi connectivity index (χ0n) is 19.0. The number of aryl methyl sites for hydroxylation is 2. The van der Waals surface area contributed by atoms with E-state index in [-0.39, 0.29) is 17.7 Å². The van der Waals surface area contributed by atoms with Gasteiger partial charge in [-0.1, -0.05) is 6.07 Å². The van der Waals surface area contributed by atoms with E-state index in [0.29, 0.717) is 47.0 Å². The lowest BCUT2D eigenvalue weighted by Crippen LogP contribution is -2.33. The van der Waals surface area contributed by atoms with Crippen LogP contribution >= 0.6 is 0 Å². The molecule has 1 unspecified atom stereocenters. The number of carbonyl (C=O) groups excluding carboxylic acids is 1. The molecule has 1 fully saturated rings. The first kappa shape index (κ1) is 23.2. The second-order valence-electron chi connectivity index (χ2n) is 8.46. The van der Waals surface area contributed by atoms with Crippen LogP contribution in [-0.4, -0.2) is 45.2 Å². The molecule has 0 aliphatic carbocycles. The number of halogens is 2. The average molecular weight is 463 g/mol. The topological polar surface area (TPSA) is 92.0 Å². The van der Waals surface area contributed by atoms with Gasteiger partial charge in [0.25, 0.3) is 5.91 Å². The van der Waals surface area contributed by atoms with E-state index >= 15 is 0 Å². The molecule has 4 rings (SSSR count). The molecule has 0 saturated carbocycles. The number of amides is 1. The summed E-state index contributed by atoms with van der Waals surface area (Å²) >= 11 is 0. The zero-order chi connectivity index (χ0) is 24.4. The van der Waals surface area contributed by atoms with E-state index in [1.807, 2.05) is 13.0 Å². The molecular weight excluding hydrogens is 440 g/mol. The molecule has 3 atom stereocenters. The minimum Gasteiger partial charge on any atom is -0.474 e. The van der Waals surface area contributed by atoms with Gasteiger partial charge in [-0.2, -0.15) is 15.5 Å². The maximum atomic E-state index is 14.1. The van der Waals surface area contributed by atoms with Crippen LogP contribution in [0.1, 0.15) is 45.7 Å². The van der Waals surface area contributed by atoms with E-state index in [1.54, 1.807) is 43.0 Å². The highest BCUT2D eigenvalue weighted by Crippen LogP contribution is 2.37. The zero-order valence-corrected chi connectivity index (χ0v) is 19.0. The van der Waals surface area contributed by atoms with Crippen LogP contribution in [0.15, 0.2) is 42.6 Å². The van der Waals surface area contributed by atoms with Gasteiger partial charge in [0.15, 0.2) is 11.6 Å². The predicted molar refractivity (Wildman–Crippen MR) is 119 cm³/mol. The monoisotopic (exact) mass is 463 g/mol. The summed E-state index contributed by atoms with van der Waals surface area (Å²) in [4.78, 5) is 19.2. The summed E-state index contributed by atoms with van der Waals surface area (Å²) in [5.41, 5.74) is 2.61. The van der Waals surface area contributed by atoms with E-state index < -0.39 is 17.7 Å². The number of hydrogen-bond donors (Lipinski definition) is 0. The van der Waals surface area contributed by atoms with Crippen molar-refractivity contribution in [3.05, 3.63) is 82.3 Å². The molecule has 1 saturated heterocycles. The molecule has 9 heteroatoms. The molecule has 3 heterocycles. The first-order chi connectivity index (χ1) is 16.3. The van der Waals surface area contributed by atoms with Gasteiger partial charge < -0.3 is 9.64 Å². The Morgan fingerprint density at radius 3 is 2.62 bits per heavy atom. The largest absolute Gasteiger partial charge is 0.474 e. The van der Waals surface area contributed by atoms with Crippen molar-refractivity contribution in [1.29, 1.82) is 5.26 Å². The van der Waals surface area contributed by atoms with E-state index in [0.717, 1.165) is 6.07 Å². The number of aromatic nitrogens is 3. The number of pyridine rings is 1. The molecule has 0 N–H and O–H groups in total. The van der Waals surface area contributed by atoms with Crippen LogP contribution in [0.5, 0.6) is 5.88 Å². The van der Waals surface area contributed by atoms with Crippen molar-refractivity contribution in [2.24, 2.45) is 5.92 Å². The summed E-state index contributed by atoms with van der Waals surface area (Å²) in [7, 11) is 0. The molecule has 174 valence electrons. The number of carbonyl (C=O) groups is 1. The third-order valence-electron chi connectivity index (χ3n) is 6.13. The van der Waals surface area contributed by atoms with E-state index in [2.05, 4.69) is 15.2 Å². The normalized spacial score (nSPS) is 18.4.